The van der Waals surface area contributed by atoms with Gasteiger partial charge in [-0.1, -0.05) is 20.8 Å². The molecule has 0 aliphatic carbocycles. The number of phosphoric acid groups is 2. The molecule has 4 rings (SSSR count). The Labute approximate surface area is 256 Å². The van der Waals surface area contributed by atoms with Crippen LogP contribution in [0.5, 0.6) is 0 Å². The molecular formula is C22H40N6O15P2. The van der Waals surface area contributed by atoms with Crippen molar-refractivity contribution in [3.63, 3.8) is 0 Å². The number of nitrogens with two attached hydrogens (primary N) is 1. The molecule has 21 nitrogen and oxygen atoms in total. The normalized spacial score (nSPS) is 33.0. The minimum Gasteiger partial charge on any atom is -0.388 e. The molecule has 10 N–H and O–H groups in total. The summed E-state index contributed by atoms with van der Waals surface area (Å²) in [6.45, 7) is 10.4. The molecule has 4 heterocycles. The lowest BCUT2D eigenvalue weighted by Gasteiger charge is -2.38. The molecule has 0 radical (unpaired) electrons. The van der Waals surface area contributed by atoms with Crippen LogP contribution < -0.4 is 11.3 Å². The van der Waals surface area contributed by atoms with Gasteiger partial charge in [0.2, 0.25) is 5.95 Å². The minimum atomic E-state index is -5.50. The van der Waals surface area contributed by atoms with Gasteiger partial charge in [-0.3, -0.25) is 23.4 Å². The maximum atomic E-state index is 12.3. The second kappa shape index (κ2) is 15.3. The molecule has 2 aliphatic rings. The summed E-state index contributed by atoms with van der Waals surface area (Å²) in [7, 11) is -10.9. The summed E-state index contributed by atoms with van der Waals surface area (Å²) in [5.74, 6) is -0.266. The van der Waals surface area contributed by atoms with E-state index < -0.39 is 83.1 Å². The van der Waals surface area contributed by atoms with Gasteiger partial charge in [-0.2, -0.15) is 9.29 Å². The lowest BCUT2D eigenvalue weighted by Crippen LogP contribution is -2.57. The Balaban J connectivity index is 0.000000707. The van der Waals surface area contributed by atoms with Crippen molar-refractivity contribution in [1.29, 1.82) is 0 Å². The van der Waals surface area contributed by atoms with Gasteiger partial charge >= 0.3 is 15.6 Å². The van der Waals surface area contributed by atoms with E-state index in [0.29, 0.717) is 0 Å². The first-order valence-electron chi connectivity index (χ1n) is 13.8. The number of phosphoric ester groups is 2. The number of aliphatic hydroxyl groups is 5. The van der Waals surface area contributed by atoms with Crippen LogP contribution in [-0.2, 0) is 32.0 Å². The summed E-state index contributed by atoms with van der Waals surface area (Å²) >= 11 is 0. The Morgan fingerprint density at radius 1 is 0.978 bits per heavy atom. The number of nitrogens with zero attached hydrogens (tertiary/aromatic N) is 4. The Morgan fingerprint density at radius 3 is 2.18 bits per heavy atom. The maximum absolute atomic E-state index is 12.3. The van der Waals surface area contributed by atoms with Gasteiger partial charge in [-0.25, -0.2) is 14.1 Å². The molecule has 23 heteroatoms. The molecule has 11 atom stereocenters. The number of imidazole rings is 1. The number of hydrogen-bond donors (Lipinski definition) is 9. The third-order valence-electron chi connectivity index (χ3n) is 7.06. The average Bonchev–Trinajstić information content (AvgIpc) is 3.50. The Hall–Kier alpha value is -1.91. The second-order valence-electron chi connectivity index (χ2n) is 10.0. The molecule has 0 spiro atoms. The van der Waals surface area contributed by atoms with E-state index in [0.717, 1.165) is 10.9 Å². The van der Waals surface area contributed by atoms with Gasteiger partial charge in [0.05, 0.1) is 19.0 Å². The molecule has 2 unspecified atom stereocenters. The lowest BCUT2D eigenvalue weighted by atomic mass is 10.0. The number of fused-ring (bicyclic) bond motifs is 1. The van der Waals surface area contributed by atoms with E-state index in [2.05, 4.69) is 54.0 Å². The molecule has 2 aromatic rings. The number of nitrogen functional groups attached to an aromatic ring is 1. The first kappa shape index (κ1) is 37.5. The zero-order valence-corrected chi connectivity index (χ0v) is 26.5. The number of aliphatic hydroxyl groups excluding tert-OH is 5. The number of anilines is 1. The predicted octanol–water partition coefficient (Wildman–Crippen LogP) is -2.25. The molecule has 2 aliphatic heterocycles. The summed E-state index contributed by atoms with van der Waals surface area (Å²) in [5.41, 5.74) is 4.59. The van der Waals surface area contributed by atoms with Crippen molar-refractivity contribution < 1.29 is 67.3 Å². The van der Waals surface area contributed by atoms with Crippen LogP contribution in [0.4, 0.5) is 5.95 Å². The first-order valence-corrected chi connectivity index (χ1v) is 16.8. The summed E-state index contributed by atoms with van der Waals surface area (Å²) in [6, 6.07) is 0. The van der Waals surface area contributed by atoms with E-state index >= 15 is 0 Å². The zero-order chi connectivity index (χ0) is 33.9. The molecule has 2 saturated heterocycles. The minimum absolute atomic E-state index is 0.0994. The highest BCUT2D eigenvalue weighted by Gasteiger charge is 2.49. The fourth-order valence-corrected chi connectivity index (χ4v) is 6.63. The highest BCUT2D eigenvalue weighted by atomic mass is 31.3. The Morgan fingerprint density at radius 2 is 1.60 bits per heavy atom. The standard InChI is InChI=1S/C16H25N5O15P2.C6H15N/c1-4-7(22)9(24)11(26)15(33-4)35-38(30,31)36-37(28,29)32-2-5-8(23)10(25)14(34-5)21-3-18-6-12(21)19-16(17)20-13(6)27;1-4-7(5-2)6-3/h3-5,7-11,14-15,22-26H,2H2,1H3,(H,28,29)(H,30,31)(H3,17,19,20,27);4-6H2,1-3H3/t4-,5+,7+,8+,9+,10+,11-,14+,15+;/m0./s1. The molecule has 258 valence electrons. The SMILES string of the molecule is CCN(CC)CC.C[C@@H]1O[C@H](OP(=O)(O)OP(=O)(O)OC[C@H]2O[C@@H](n3cnc4c(=O)[nH]c(N)nc43)[C@H](O)[C@@H]2O)[C@@H](O)[C@H](O)[C@@H]1O. The van der Waals surface area contributed by atoms with Gasteiger partial charge in [-0.05, 0) is 26.6 Å². The second-order valence-corrected chi connectivity index (χ2v) is 13.0. The summed E-state index contributed by atoms with van der Waals surface area (Å²) in [5, 5.41) is 50.0. The van der Waals surface area contributed by atoms with E-state index in [1.165, 1.54) is 26.6 Å². The van der Waals surface area contributed by atoms with E-state index in [-0.39, 0.29) is 17.1 Å². The number of aromatic amines is 1. The van der Waals surface area contributed by atoms with Gasteiger partial charge in [0, 0.05) is 0 Å². The maximum Gasteiger partial charge on any atom is 0.483 e. The number of rotatable bonds is 11. The molecule has 2 fully saturated rings. The summed E-state index contributed by atoms with van der Waals surface area (Å²) in [4.78, 5) is 44.0. The largest absolute Gasteiger partial charge is 0.483 e. The van der Waals surface area contributed by atoms with Crippen LogP contribution in [0, 0.1) is 0 Å². The van der Waals surface area contributed by atoms with Crippen molar-refractivity contribution in [2.75, 3.05) is 32.0 Å². The van der Waals surface area contributed by atoms with Crippen molar-refractivity contribution in [3.05, 3.63) is 16.7 Å². The van der Waals surface area contributed by atoms with Crippen LogP contribution in [0.25, 0.3) is 11.2 Å². The number of hydrogen-bond acceptors (Lipinski definition) is 17. The van der Waals surface area contributed by atoms with Crippen molar-refractivity contribution >= 4 is 32.8 Å². The van der Waals surface area contributed by atoms with Crippen LogP contribution in [0.15, 0.2) is 11.1 Å². The molecule has 45 heavy (non-hydrogen) atoms. The predicted molar refractivity (Wildman–Crippen MR) is 152 cm³/mol. The van der Waals surface area contributed by atoms with Crippen LogP contribution >= 0.6 is 15.6 Å². The van der Waals surface area contributed by atoms with Crippen LogP contribution in [-0.4, -0.2) is 135 Å². The number of aromatic nitrogens is 4. The van der Waals surface area contributed by atoms with Gasteiger partial charge in [0.15, 0.2) is 23.7 Å². The average molecular weight is 691 g/mol. The number of ether oxygens (including phenoxy) is 2. The van der Waals surface area contributed by atoms with Gasteiger partial charge in [-0.15, -0.1) is 0 Å². The zero-order valence-electron chi connectivity index (χ0n) is 24.8. The van der Waals surface area contributed by atoms with Crippen molar-refractivity contribution in [2.45, 2.75) is 82.9 Å². The van der Waals surface area contributed by atoms with Gasteiger partial charge in [0.1, 0.15) is 36.6 Å². The first-order chi connectivity index (χ1) is 20.9. The number of H-pyrrole nitrogens is 1. The summed E-state index contributed by atoms with van der Waals surface area (Å²) < 4.78 is 49.3. The van der Waals surface area contributed by atoms with Crippen LogP contribution in [0.2, 0.25) is 0 Å². The van der Waals surface area contributed by atoms with Crippen molar-refractivity contribution in [2.24, 2.45) is 0 Å². The smallest absolute Gasteiger partial charge is 0.388 e. The quantitative estimate of drug-likeness (QED) is 0.112. The Bertz CT molecular complexity index is 1420. The van der Waals surface area contributed by atoms with E-state index in [1.807, 2.05) is 0 Å². The number of nitrogens with one attached hydrogen (secondary N) is 1. The van der Waals surface area contributed by atoms with Crippen molar-refractivity contribution in [3.8, 4) is 0 Å². The fraction of sp³-hybridized carbons (Fsp3) is 0.773. The molecule has 0 bridgehead atoms. The molecule has 2 aromatic heterocycles. The van der Waals surface area contributed by atoms with E-state index in [4.69, 9.17) is 15.2 Å². The monoisotopic (exact) mass is 690 g/mol. The third kappa shape index (κ3) is 9.13. The lowest BCUT2D eigenvalue weighted by molar-refractivity contribution is -0.271. The van der Waals surface area contributed by atoms with E-state index in [9.17, 15) is 49.2 Å². The summed E-state index contributed by atoms with van der Waals surface area (Å²) in [6.07, 6.45) is -13.8. The molecule has 0 aromatic carbocycles. The fourth-order valence-electron chi connectivity index (χ4n) is 4.47. The Kier molecular flexibility index (Phi) is 12.8. The van der Waals surface area contributed by atoms with Crippen LogP contribution in [0.1, 0.15) is 33.9 Å². The van der Waals surface area contributed by atoms with E-state index in [1.54, 1.807) is 0 Å². The molecular weight excluding hydrogens is 650 g/mol. The topological polar surface area (TPSA) is 315 Å². The van der Waals surface area contributed by atoms with Gasteiger partial charge < -0.3 is 55.4 Å². The molecule has 0 amide bonds. The van der Waals surface area contributed by atoms with Crippen molar-refractivity contribution in [1.82, 2.24) is 24.4 Å². The highest BCUT2D eigenvalue weighted by Crippen LogP contribution is 2.61. The van der Waals surface area contributed by atoms with Crippen LogP contribution in [0.3, 0.4) is 0 Å². The highest BCUT2D eigenvalue weighted by molar-refractivity contribution is 7.61. The molecule has 0 saturated carbocycles. The van der Waals surface area contributed by atoms with Gasteiger partial charge in [0.25, 0.3) is 5.56 Å². The third-order valence-corrected chi connectivity index (χ3v) is 9.66.